The number of aliphatic imine (C=N–C) groups is 1. The predicted octanol–water partition coefficient (Wildman–Crippen LogP) is 4.03. The zero-order chi connectivity index (χ0) is 19.9. The van der Waals surface area contributed by atoms with Gasteiger partial charge < -0.3 is 25.0 Å². The van der Waals surface area contributed by atoms with Gasteiger partial charge in [0.1, 0.15) is 0 Å². The monoisotopic (exact) mass is 574 g/mol. The number of rotatable bonds is 6. The number of hydrogen-bond donors (Lipinski definition) is 2. The molecule has 2 aromatic rings. The zero-order valence-corrected chi connectivity index (χ0v) is 20.9. The van der Waals surface area contributed by atoms with Crippen molar-refractivity contribution in [1.82, 2.24) is 10.6 Å². The van der Waals surface area contributed by atoms with Crippen molar-refractivity contribution in [3.8, 4) is 11.5 Å². The van der Waals surface area contributed by atoms with Crippen molar-refractivity contribution in [1.29, 1.82) is 0 Å². The summed E-state index contributed by atoms with van der Waals surface area (Å²) in [5.41, 5.74) is 2.27. The van der Waals surface area contributed by atoms with Gasteiger partial charge in [0.2, 0.25) is 0 Å². The molecule has 1 saturated heterocycles. The molecule has 3 rings (SSSR count). The van der Waals surface area contributed by atoms with Gasteiger partial charge in [-0.15, -0.1) is 24.0 Å². The van der Waals surface area contributed by atoms with Gasteiger partial charge in [0, 0.05) is 48.4 Å². The van der Waals surface area contributed by atoms with E-state index < -0.39 is 0 Å². The molecule has 0 radical (unpaired) electrons. The van der Waals surface area contributed by atoms with Crippen LogP contribution in [0.4, 0.5) is 5.69 Å². The number of nitrogens with one attached hydrogen (secondary N) is 2. The lowest BCUT2D eigenvalue weighted by Crippen LogP contribution is -2.44. The molecule has 1 aliphatic rings. The Balaban J connectivity index is 0.00000300. The highest BCUT2D eigenvalue weighted by Crippen LogP contribution is 2.30. The molecule has 0 amide bonds. The lowest BCUT2D eigenvalue weighted by Gasteiger charge is -2.21. The molecule has 0 spiro atoms. The second-order valence-electron chi connectivity index (χ2n) is 6.63. The molecule has 8 heteroatoms. The summed E-state index contributed by atoms with van der Waals surface area (Å²) in [7, 11) is 5.09. The summed E-state index contributed by atoms with van der Waals surface area (Å²) >= 11 is 3.49. The molecule has 1 fully saturated rings. The largest absolute Gasteiger partial charge is 0.493 e. The van der Waals surface area contributed by atoms with E-state index in [1.165, 1.54) is 5.69 Å². The summed E-state index contributed by atoms with van der Waals surface area (Å²) in [5.74, 6) is 2.26. The molecule has 1 unspecified atom stereocenters. The van der Waals surface area contributed by atoms with Gasteiger partial charge in [0.15, 0.2) is 17.5 Å². The molecule has 1 heterocycles. The highest BCUT2D eigenvalue weighted by Gasteiger charge is 2.23. The van der Waals surface area contributed by atoms with E-state index >= 15 is 0 Å². The second-order valence-corrected chi connectivity index (χ2v) is 7.55. The van der Waals surface area contributed by atoms with Gasteiger partial charge in [-0.05, 0) is 36.8 Å². The highest BCUT2D eigenvalue weighted by molar-refractivity contribution is 14.0. The summed E-state index contributed by atoms with van der Waals surface area (Å²) in [6.45, 7) is 2.58. The van der Waals surface area contributed by atoms with E-state index in [0.717, 1.165) is 47.0 Å². The molecule has 29 heavy (non-hydrogen) atoms. The fourth-order valence-electron chi connectivity index (χ4n) is 3.42. The van der Waals surface area contributed by atoms with E-state index in [2.05, 4.69) is 60.7 Å². The number of hydrogen-bond acceptors (Lipinski definition) is 4. The summed E-state index contributed by atoms with van der Waals surface area (Å²) in [4.78, 5) is 6.76. The maximum Gasteiger partial charge on any atom is 0.191 e. The smallest absolute Gasteiger partial charge is 0.191 e. The molecule has 158 valence electrons. The van der Waals surface area contributed by atoms with Gasteiger partial charge in [-0.1, -0.05) is 28.1 Å². The van der Waals surface area contributed by atoms with Gasteiger partial charge >= 0.3 is 0 Å². The van der Waals surface area contributed by atoms with Crippen molar-refractivity contribution >= 4 is 51.6 Å². The molecule has 2 N–H and O–H groups in total. The first-order valence-corrected chi connectivity index (χ1v) is 10.1. The summed E-state index contributed by atoms with van der Waals surface area (Å²) in [6.07, 6.45) is 1.07. The van der Waals surface area contributed by atoms with Crippen LogP contribution >= 0.6 is 39.9 Å². The molecule has 0 aliphatic carbocycles. The minimum atomic E-state index is 0. The Bertz CT molecular complexity index is 817. The van der Waals surface area contributed by atoms with Crippen LogP contribution in [0.2, 0.25) is 0 Å². The van der Waals surface area contributed by atoms with Crippen LogP contribution in [0.25, 0.3) is 0 Å². The van der Waals surface area contributed by atoms with Crippen LogP contribution in [0.5, 0.6) is 11.5 Å². The number of para-hydroxylation sites is 1. The number of methoxy groups -OCH3 is 2. The van der Waals surface area contributed by atoms with E-state index in [0.29, 0.717) is 12.6 Å². The number of benzene rings is 2. The van der Waals surface area contributed by atoms with Gasteiger partial charge in [-0.2, -0.15) is 0 Å². The molecular formula is C21H28BrIN4O2. The lowest BCUT2D eigenvalue weighted by atomic mass is 10.2. The predicted molar refractivity (Wildman–Crippen MR) is 133 cm³/mol. The van der Waals surface area contributed by atoms with Gasteiger partial charge in [0.05, 0.1) is 14.2 Å². The Labute approximate surface area is 198 Å². The first-order valence-electron chi connectivity index (χ1n) is 9.32. The molecule has 0 saturated carbocycles. The average Bonchev–Trinajstić information content (AvgIpc) is 3.19. The maximum absolute atomic E-state index is 5.50. The minimum Gasteiger partial charge on any atom is -0.493 e. The lowest BCUT2D eigenvalue weighted by molar-refractivity contribution is 0.351. The number of anilines is 1. The van der Waals surface area contributed by atoms with Crippen LogP contribution in [0.1, 0.15) is 12.0 Å². The van der Waals surface area contributed by atoms with Crippen LogP contribution in [0, 0.1) is 0 Å². The minimum absolute atomic E-state index is 0. The third kappa shape index (κ3) is 6.15. The Hall–Kier alpha value is -1.68. The van der Waals surface area contributed by atoms with Gasteiger partial charge in [-0.3, -0.25) is 4.99 Å². The van der Waals surface area contributed by atoms with Crippen molar-refractivity contribution < 1.29 is 9.47 Å². The molecular weight excluding hydrogens is 547 g/mol. The SMILES string of the molecule is CN=C(NCc1cccc(OC)c1OC)NC1CCN(c2ccc(Br)cc2)C1.I. The van der Waals surface area contributed by atoms with Crippen molar-refractivity contribution in [2.75, 3.05) is 39.3 Å². The molecule has 0 bridgehead atoms. The quantitative estimate of drug-likeness (QED) is 0.310. The highest BCUT2D eigenvalue weighted by atomic mass is 127. The zero-order valence-electron chi connectivity index (χ0n) is 16.9. The molecule has 1 aliphatic heterocycles. The van der Waals surface area contributed by atoms with E-state index in [1.54, 1.807) is 21.3 Å². The third-order valence-corrected chi connectivity index (χ3v) is 5.40. The maximum atomic E-state index is 5.50. The van der Waals surface area contributed by atoms with Crippen molar-refractivity contribution in [2.24, 2.45) is 4.99 Å². The normalized spacial score (nSPS) is 16.2. The van der Waals surface area contributed by atoms with Gasteiger partial charge in [-0.25, -0.2) is 0 Å². The Morgan fingerprint density at radius 3 is 2.59 bits per heavy atom. The van der Waals surface area contributed by atoms with E-state index in [-0.39, 0.29) is 24.0 Å². The number of ether oxygens (including phenoxy) is 2. The summed E-state index contributed by atoms with van der Waals surface area (Å²) in [5, 5.41) is 6.91. The standard InChI is InChI=1S/C21H27BrN4O2.HI/c1-23-21(24-13-15-5-4-6-19(27-2)20(15)28-3)25-17-11-12-26(14-17)18-9-7-16(22)8-10-18;/h4-10,17H,11-14H2,1-3H3,(H2,23,24,25);1H. The van der Waals surface area contributed by atoms with Crippen molar-refractivity contribution in [2.45, 2.75) is 19.0 Å². The van der Waals surface area contributed by atoms with Gasteiger partial charge in [0.25, 0.3) is 0 Å². The summed E-state index contributed by atoms with van der Waals surface area (Å²) in [6, 6.07) is 14.7. The van der Waals surface area contributed by atoms with Crippen LogP contribution in [0.3, 0.4) is 0 Å². The van der Waals surface area contributed by atoms with Crippen molar-refractivity contribution in [3.63, 3.8) is 0 Å². The molecule has 6 nitrogen and oxygen atoms in total. The Kier molecular flexibility index (Phi) is 9.35. The fourth-order valence-corrected chi connectivity index (χ4v) is 3.69. The molecule has 0 aromatic heterocycles. The van der Waals surface area contributed by atoms with Crippen LogP contribution in [-0.4, -0.2) is 46.4 Å². The topological polar surface area (TPSA) is 58.1 Å². The van der Waals surface area contributed by atoms with E-state index in [9.17, 15) is 0 Å². The third-order valence-electron chi connectivity index (χ3n) is 4.88. The number of nitrogens with zero attached hydrogens (tertiary/aromatic N) is 2. The average molecular weight is 575 g/mol. The first kappa shape index (κ1) is 23.6. The summed E-state index contributed by atoms with van der Waals surface area (Å²) < 4.78 is 12.0. The number of halogens is 2. The second kappa shape index (κ2) is 11.5. The van der Waals surface area contributed by atoms with Crippen molar-refractivity contribution in [3.05, 3.63) is 52.5 Å². The number of guanidine groups is 1. The Morgan fingerprint density at radius 1 is 1.17 bits per heavy atom. The van der Waals surface area contributed by atoms with Crippen LogP contribution in [0.15, 0.2) is 51.9 Å². The Morgan fingerprint density at radius 2 is 1.93 bits per heavy atom. The first-order chi connectivity index (χ1) is 13.6. The van der Waals surface area contributed by atoms with E-state index in [1.807, 2.05) is 18.2 Å². The van der Waals surface area contributed by atoms with E-state index in [4.69, 9.17) is 9.47 Å². The van der Waals surface area contributed by atoms with Crippen LogP contribution < -0.4 is 25.0 Å². The fraction of sp³-hybridized carbons (Fsp3) is 0.381. The molecule has 1 atom stereocenters. The molecule has 2 aromatic carbocycles. The van der Waals surface area contributed by atoms with Crippen LogP contribution in [-0.2, 0) is 6.54 Å².